The second-order valence-corrected chi connectivity index (χ2v) is 6.02. The molecule has 0 aliphatic heterocycles. The number of anilines is 1. The minimum Gasteiger partial charge on any atom is -0.462 e. The Morgan fingerprint density at radius 2 is 2.00 bits per heavy atom. The maximum absolute atomic E-state index is 12.1. The molecule has 1 atom stereocenters. The molecule has 1 aromatic heterocycles. The van der Waals surface area contributed by atoms with Crippen LogP contribution in [0.3, 0.4) is 0 Å². The van der Waals surface area contributed by atoms with Gasteiger partial charge in [-0.05, 0) is 32.3 Å². The monoisotopic (exact) mass is 312 g/mol. The van der Waals surface area contributed by atoms with Gasteiger partial charge in [0.2, 0.25) is 5.91 Å². The summed E-state index contributed by atoms with van der Waals surface area (Å²) in [5.74, 6) is -0.649. The summed E-state index contributed by atoms with van der Waals surface area (Å²) in [6.45, 7) is 7.96. The van der Waals surface area contributed by atoms with Crippen molar-refractivity contribution in [1.29, 1.82) is 0 Å². The first-order valence-electron chi connectivity index (χ1n) is 7.31. The van der Waals surface area contributed by atoms with Gasteiger partial charge in [-0.15, -0.1) is 11.3 Å². The molecule has 0 aliphatic rings. The lowest BCUT2D eigenvalue weighted by atomic mass is 10.1. The van der Waals surface area contributed by atoms with Crippen molar-refractivity contribution in [2.45, 2.75) is 53.0 Å². The summed E-state index contributed by atoms with van der Waals surface area (Å²) in [4.78, 5) is 25.2. The van der Waals surface area contributed by atoms with E-state index in [0.29, 0.717) is 30.0 Å². The molecule has 0 aliphatic carbocycles. The van der Waals surface area contributed by atoms with Gasteiger partial charge in [-0.1, -0.05) is 20.3 Å². The topological polar surface area (TPSA) is 81.4 Å². The minimum atomic E-state index is -0.558. The van der Waals surface area contributed by atoms with Gasteiger partial charge in [0.05, 0.1) is 18.2 Å². The highest BCUT2D eigenvalue weighted by molar-refractivity contribution is 7.16. The number of esters is 1. The van der Waals surface area contributed by atoms with Gasteiger partial charge in [-0.2, -0.15) is 0 Å². The van der Waals surface area contributed by atoms with Crippen LogP contribution in [0.4, 0.5) is 5.00 Å². The number of carbonyl (C=O) groups is 2. The molecule has 0 spiro atoms. The fourth-order valence-electron chi connectivity index (χ4n) is 2.16. The first-order valence-corrected chi connectivity index (χ1v) is 8.13. The Hall–Kier alpha value is -1.40. The Labute approximate surface area is 129 Å². The Balaban J connectivity index is 3.06. The molecule has 0 saturated heterocycles. The number of nitrogens with two attached hydrogens (primary N) is 1. The summed E-state index contributed by atoms with van der Waals surface area (Å²) in [6.07, 6.45) is 2.17. The highest BCUT2D eigenvalue weighted by atomic mass is 32.1. The highest BCUT2D eigenvalue weighted by Crippen LogP contribution is 2.34. The third-order valence-corrected chi connectivity index (χ3v) is 4.28. The zero-order valence-corrected chi connectivity index (χ0v) is 13.9. The van der Waals surface area contributed by atoms with E-state index in [0.717, 1.165) is 16.9 Å². The molecule has 0 radical (unpaired) electrons. The summed E-state index contributed by atoms with van der Waals surface area (Å²) >= 11 is 1.40. The quantitative estimate of drug-likeness (QED) is 0.759. The standard InChI is InChI=1S/C15H24N2O3S/c1-5-8-11(16)13(18)17-14-12(15(19)20-7-3)10(6-2)9(4)21-14/h11H,5-8,16H2,1-4H3,(H,17,18)/t11-/m0/s1. The van der Waals surface area contributed by atoms with Gasteiger partial charge in [0, 0.05) is 4.88 Å². The van der Waals surface area contributed by atoms with E-state index < -0.39 is 12.0 Å². The van der Waals surface area contributed by atoms with Crippen molar-refractivity contribution >= 4 is 28.2 Å². The molecule has 118 valence electrons. The Bertz CT molecular complexity index is 511. The van der Waals surface area contributed by atoms with E-state index in [1.807, 2.05) is 20.8 Å². The van der Waals surface area contributed by atoms with Crippen LogP contribution in [-0.4, -0.2) is 24.5 Å². The van der Waals surface area contributed by atoms with Crippen molar-refractivity contribution < 1.29 is 14.3 Å². The van der Waals surface area contributed by atoms with Gasteiger partial charge in [0.1, 0.15) is 5.00 Å². The third kappa shape index (κ3) is 4.28. The van der Waals surface area contributed by atoms with E-state index in [4.69, 9.17) is 10.5 Å². The highest BCUT2D eigenvalue weighted by Gasteiger charge is 2.24. The molecular formula is C15H24N2O3S. The van der Waals surface area contributed by atoms with Gasteiger partial charge in [0.15, 0.2) is 0 Å². The largest absolute Gasteiger partial charge is 0.462 e. The van der Waals surface area contributed by atoms with Crippen LogP contribution in [0.2, 0.25) is 0 Å². The van der Waals surface area contributed by atoms with Crippen LogP contribution >= 0.6 is 11.3 Å². The van der Waals surface area contributed by atoms with E-state index in [1.54, 1.807) is 6.92 Å². The maximum atomic E-state index is 12.1. The third-order valence-electron chi connectivity index (χ3n) is 3.22. The number of aryl methyl sites for hydroxylation is 1. The zero-order valence-electron chi connectivity index (χ0n) is 13.1. The molecule has 0 aromatic carbocycles. The average molecular weight is 312 g/mol. The van der Waals surface area contributed by atoms with Crippen molar-refractivity contribution in [3.63, 3.8) is 0 Å². The lowest BCUT2D eigenvalue weighted by Gasteiger charge is -2.11. The number of ether oxygens (including phenoxy) is 1. The fraction of sp³-hybridized carbons (Fsp3) is 0.600. The Morgan fingerprint density at radius 3 is 2.52 bits per heavy atom. The van der Waals surface area contributed by atoms with E-state index in [1.165, 1.54) is 11.3 Å². The fourth-order valence-corrected chi connectivity index (χ4v) is 3.29. The van der Waals surface area contributed by atoms with Gasteiger partial charge in [-0.3, -0.25) is 4.79 Å². The normalized spacial score (nSPS) is 12.0. The summed E-state index contributed by atoms with van der Waals surface area (Å²) in [6, 6.07) is -0.558. The van der Waals surface area contributed by atoms with Gasteiger partial charge >= 0.3 is 5.97 Å². The molecule has 1 aromatic rings. The molecule has 0 bridgehead atoms. The SMILES string of the molecule is CCC[C@H](N)C(=O)Nc1sc(C)c(CC)c1C(=O)OCC. The van der Waals surface area contributed by atoms with Crippen LogP contribution < -0.4 is 11.1 Å². The first kappa shape index (κ1) is 17.7. The van der Waals surface area contributed by atoms with Gasteiger partial charge < -0.3 is 15.8 Å². The lowest BCUT2D eigenvalue weighted by molar-refractivity contribution is -0.117. The van der Waals surface area contributed by atoms with Crippen LogP contribution in [0.25, 0.3) is 0 Å². The molecule has 3 N–H and O–H groups in total. The summed E-state index contributed by atoms with van der Waals surface area (Å²) in [7, 11) is 0. The lowest BCUT2D eigenvalue weighted by Crippen LogP contribution is -2.35. The molecule has 1 rings (SSSR count). The molecule has 0 fully saturated rings. The summed E-state index contributed by atoms with van der Waals surface area (Å²) < 4.78 is 5.10. The van der Waals surface area contributed by atoms with Crippen LogP contribution in [-0.2, 0) is 16.0 Å². The predicted molar refractivity (Wildman–Crippen MR) is 85.9 cm³/mol. The molecule has 0 unspecified atom stereocenters. The van der Waals surface area contributed by atoms with Crippen LogP contribution in [0.15, 0.2) is 0 Å². The van der Waals surface area contributed by atoms with Crippen molar-refractivity contribution in [3.8, 4) is 0 Å². The smallest absolute Gasteiger partial charge is 0.341 e. The second kappa shape index (κ2) is 8.14. The first-order chi connectivity index (χ1) is 9.96. The van der Waals surface area contributed by atoms with Crippen LogP contribution in [0, 0.1) is 6.92 Å². The average Bonchev–Trinajstić information content (AvgIpc) is 2.74. The van der Waals surface area contributed by atoms with E-state index >= 15 is 0 Å². The molecule has 0 saturated carbocycles. The van der Waals surface area contributed by atoms with E-state index in [9.17, 15) is 9.59 Å². The van der Waals surface area contributed by atoms with Gasteiger partial charge in [-0.25, -0.2) is 4.79 Å². The molecule has 6 heteroatoms. The summed E-state index contributed by atoms with van der Waals surface area (Å²) in [5.41, 5.74) is 7.21. The molecule has 1 amide bonds. The van der Waals surface area contributed by atoms with Crippen molar-refractivity contribution in [2.24, 2.45) is 5.73 Å². The number of hydrogen-bond donors (Lipinski definition) is 2. The number of hydrogen-bond acceptors (Lipinski definition) is 5. The number of rotatable bonds is 7. The molecule has 1 heterocycles. The Morgan fingerprint density at radius 1 is 1.33 bits per heavy atom. The second-order valence-electron chi connectivity index (χ2n) is 4.80. The number of amides is 1. The van der Waals surface area contributed by atoms with Crippen molar-refractivity contribution in [2.75, 3.05) is 11.9 Å². The molecule has 21 heavy (non-hydrogen) atoms. The molecule has 5 nitrogen and oxygen atoms in total. The van der Waals surface area contributed by atoms with E-state index in [-0.39, 0.29) is 5.91 Å². The van der Waals surface area contributed by atoms with Gasteiger partial charge in [0.25, 0.3) is 0 Å². The summed E-state index contributed by atoms with van der Waals surface area (Å²) in [5, 5.41) is 3.32. The Kier molecular flexibility index (Phi) is 6.84. The van der Waals surface area contributed by atoms with Crippen molar-refractivity contribution in [1.82, 2.24) is 0 Å². The number of carbonyl (C=O) groups excluding carboxylic acids is 2. The number of nitrogens with one attached hydrogen (secondary N) is 1. The van der Waals surface area contributed by atoms with Crippen LogP contribution in [0.1, 0.15) is 54.4 Å². The zero-order chi connectivity index (χ0) is 16.0. The minimum absolute atomic E-state index is 0.258. The molecular weight excluding hydrogens is 288 g/mol. The van der Waals surface area contributed by atoms with Crippen LogP contribution in [0.5, 0.6) is 0 Å². The maximum Gasteiger partial charge on any atom is 0.341 e. The van der Waals surface area contributed by atoms with Crippen molar-refractivity contribution in [3.05, 3.63) is 16.0 Å². The van der Waals surface area contributed by atoms with E-state index in [2.05, 4.69) is 5.32 Å². The predicted octanol–water partition coefficient (Wildman–Crippen LogP) is 2.86. The number of thiophene rings is 1.